The molecule has 42 heavy (non-hydrogen) atoms. The molecule has 4 aromatic carbocycles. The second-order valence-corrected chi connectivity index (χ2v) is 12.1. The number of amides is 2. The minimum absolute atomic E-state index is 0.0798. The predicted molar refractivity (Wildman–Crippen MR) is 166 cm³/mol. The van der Waals surface area contributed by atoms with Gasteiger partial charge in [-0.15, -0.1) is 0 Å². The van der Waals surface area contributed by atoms with E-state index in [2.05, 4.69) is 5.32 Å². The van der Waals surface area contributed by atoms with Gasteiger partial charge < -0.3 is 10.2 Å². The van der Waals surface area contributed by atoms with E-state index in [0.717, 1.165) is 26.6 Å². The first-order valence-electron chi connectivity index (χ1n) is 14.0. The highest BCUT2D eigenvalue weighted by molar-refractivity contribution is 7.92. The van der Waals surface area contributed by atoms with E-state index in [1.165, 1.54) is 17.0 Å². The summed E-state index contributed by atoms with van der Waals surface area (Å²) in [5, 5.41) is 2.88. The third-order valence-electron chi connectivity index (χ3n) is 6.92. The normalized spacial score (nSPS) is 11.9. The molecule has 0 heterocycles. The summed E-state index contributed by atoms with van der Waals surface area (Å²) in [4.78, 5) is 29.5. The van der Waals surface area contributed by atoms with Crippen molar-refractivity contribution in [2.45, 2.75) is 44.7 Å². The van der Waals surface area contributed by atoms with Gasteiger partial charge in [0.2, 0.25) is 11.8 Å². The summed E-state index contributed by atoms with van der Waals surface area (Å²) in [7, 11) is -4.12. The second-order valence-electron chi connectivity index (χ2n) is 10.3. The fraction of sp³-hybridized carbons (Fsp3) is 0.235. The Kier molecular flexibility index (Phi) is 10.1. The quantitative estimate of drug-likeness (QED) is 0.246. The number of rotatable bonds is 12. The summed E-state index contributed by atoms with van der Waals surface area (Å²) in [5.41, 5.74) is 3.86. The number of aryl methyl sites for hydroxylation is 2. The van der Waals surface area contributed by atoms with Crippen LogP contribution in [-0.2, 0) is 32.6 Å². The van der Waals surface area contributed by atoms with Crippen LogP contribution in [0.15, 0.2) is 114 Å². The Morgan fingerprint density at radius 3 is 1.83 bits per heavy atom. The highest BCUT2D eigenvalue weighted by Crippen LogP contribution is 2.27. The van der Waals surface area contributed by atoms with E-state index >= 15 is 0 Å². The summed E-state index contributed by atoms with van der Waals surface area (Å²) >= 11 is 0. The number of hydrogen-bond donors (Lipinski definition) is 1. The summed E-state index contributed by atoms with van der Waals surface area (Å²) in [6.45, 7) is 5.66. The number of nitrogens with zero attached hydrogens (tertiary/aromatic N) is 2. The minimum atomic E-state index is -4.12. The molecule has 1 atom stereocenters. The van der Waals surface area contributed by atoms with Crippen LogP contribution in [0.3, 0.4) is 0 Å². The number of benzene rings is 4. The second kappa shape index (κ2) is 14.0. The van der Waals surface area contributed by atoms with Crippen molar-refractivity contribution in [2.75, 3.05) is 17.4 Å². The molecule has 0 bridgehead atoms. The van der Waals surface area contributed by atoms with Crippen molar-refractivity contribution in [3.8, 4) is 0 Å². The number of carbonyl (C=O) groups excluding carboxylic acids is 2. The Morgan fingerprint density at radius 1 is 0.762 bits per heavy atom. The maximum atomic E-state index is 14.4. The molecule has 0 fully saturated rings. The van der Waals surface area contributed by atoms with Crippen LogP contribution < -0.4 is 9.62 Å². The molecule has 1 N–H and O–H groups in total. The maximum Gasteiger partial charge on any atom is 0.264 e. The van der Waals surface area contributed by atoms with Gasteiger partial charge in [-0.25, -0.2) is 8.42 Å². The molecule has 0 saturated heterocycles. The molecular formula is C34H37N3O4S. The van der Waals surface area contributed by atoms with Crippen LogP contribution in [0, 0.1) is 13.8 Å². The first-order valence-corrected chi connectivity index (χ1v) is 15.4. The van der Waals surface area contributed by atoms with Crippen LogP contribution in [0.25, 0.3) is 0 Å². The van der Waals surface area contributed by atoms with E-state index in [1.54, 1.807) is 30.3 Å². The van der Waals surface area contributed by atoms with Crippen molar-refractivity contribution in [3.63, 3.8) is 0 Å². The van der Waals surface area contributed by atoms with Gasteiger partial charge in [0.05, 0.1) is 10.6 Å². The first-order chi connectivity index (χ1) is 20.2. The largest absolute Gasteiger partial charge is 0.355 e. The molecule has 0 aromatic heterocycles. The molecule has 0 aliphatic carbocycles. The first kappa shape index (κ1) is 30.5. The topological polar surface area (TPSA) is 86.8 Å². The molecule has 2 amide bonds. The van der Waals surface area contributed by atoms with Gasteiger partial charge in [0.15, 0.2) is 0 Å². The SMILES string of the molecule is CCNC(=O)[C@@H](Cc1ccccc1)N(Cc1ccccc1)C(=O)CN(c1cc(C)cc(C)c1)S(=O)(=O)c1ccccc1. The van der Waals surface area contributed by atoms with E-state index in [0.29, 0.717) is 12.2 Å². The number of hydrogen-bond acceptors (Lipinski definition) is 4. The van der Waals surface area contributed by atoms with Gasteiger partial charge in [0.1, 0.15) is 12.6 Å². The molecule has 218 valence electrons. The minimum Gasteiger partial charge on any atom is -0.355 e. The highest BCUT2D eigenvalue weighted by Gasteiger charge is 2.34. The number of likely N-dealkylation sites (N-methyl/N-ethyl adjacent to an activating group) is 1. The number of sulfonamides is 1. The Balaban J connectivity index is 1.80. The molecule has 4 rings (SSSR count). The van der Waals surface area contributed by atoms with E-state index in [9.17, 15) is 18.0 Å². The average Bonchev–Trinajstić information content (AvgIpc) is 2.98. The summed E-state index contributed by atoms with van der Waals surface area (Å²) in [6, 6.07) is 31.6. The number of anilines is 1. The van der Waals surface area contributed by atoms with Crippen molar-refractivity contribution in [1.82, 2.24) is 10.2 Å². The lowest BCUT2D eigenvalue weighted by Crippen LogP contribution is -2.53. The molecule has 7 nitrogen and oxygen atoms in total. The molecule has 8 heteroatoms. The zero-order valence-electron chi connectivity index (χ0n) is 24.2. The lowest BCUT2D eigenvalue weighted by molar-refractivity contribution is -0.140. The molecule has 0 unspecified atom stereocenters. The fourth-order valence-corrected chi connectivity index (χ4v) is 6.39. The summed E-state index contributed by atoms with van der Waals surface area (Å²) in [5.74, 6) is -0.779. The van der Waals surface area contributed by atoms with Gasteiger partial charge in [-0.1, -0.05) is 84.9 Å². The van der Waals surface area contributed by atoms with E-state index < -0.39 is 28.5 Å². The predicted octanol–water partition coefficient (Wildman–Crippen LogP) is 5.27. The lowest BCUT2D eigenvalue weighted by atomic mass is 10.0. The zero-order valence-corrected chi connectivity index (χ0v) is 25.1. The molecule has 0 spiro atoms. The van der Waals surface area contributed by atoms with Crippen LogP contribution in [0.5, 0.6) is 0 Å². The number of nitrogens with one attached hydrogen (secondary N) is 1. The van der Waals surface area contributed by atoms with Gasteiger partial charge in [-0.05, 0) is 67.3 Å². The van der Waals surface area contributed by atoms with Gasteiger partial charge in [-0.2, -0.15) is 0 Å². The average molecular weight is 584 g/mol. The Labute approximate surface area is 248 Å². The molecule has 4 aromatic rings. The Morgan fingerprint density at radius 2 is 1.29 bits per heavy atom. The van der Waals surface area contributed by atoms with Crippen molar-refractivity contribution < 1.29 is 18.0 Å². The standard InChI is InChI=1S/C34H37N3O4S/c1-4-35-34(39)32(23-28-14-8-5-9-15-28)36(24-29-16-10-6-11-17-29)33(38)25-37(30-21-26(2)20-27(3)22-30)42(40,41)31-18-12-7-13-19-31/h5-22,32H,4,23-25H2,1-3H3,(H,35,39)/t32-/m1/s1. The van der Waals surface area contributed by atoms with Gasteiger partial charge >= 0.3 is 0 Å². The summed E-state index contributed by atoms with van der Waals surface area (Å²) < 4.78 is 29.2. The molecular weight excluding hydrogens is 546 g/mol. The number of carbonyl (C=O) groups is 2. The van der Waals surface area contributed by atoms with Crippen LogP contribution in [0.4, 0.5) is 5.69 Å². The van der Waals surface area contributed by atoms with Crippen LogP contribution in [0.1, 0.15) is 29.2 Å². The fourth-order valence-electron chi connectivity index (χ4n) is 4.97. The van der Waals surface area contributed by atoms with Crippen molar-refractivity contribution in [2.24, 2.45) is 0 Å². The third-order valence-corrected chi connectivity index (χ3v) is 8.71. The third kappa shape index (κ3) is 7.64. The van der Waals surface area contributed by atoms with Crippen LogP contribution >= 0.6 is 0 Å². The van der Waals surface area contributed by atoms with E-state index in [4.69, 9.17) is 0 Å². The lowest BCUT2D eigenvalue weighted by Gasteiger charge is -2.34. The molecule has 0 aliphatic heterocycles. The Bertz CT molecular complexity index is 1570. The monoisotopic (exact) mass is 583 g/mol. The van der Waals surface area contributed by atoms with Crippen LogP contribution in [0.2, 0.25) is 0 Å². The smallest absolute Gasteiger partial charge is 0.264 e. The van der Waals surface area contributed by atoms with E-state index in [-0.39, 0.29) is 23.8 Å². The Hall–Kier alpha value is -4.43. The van der Waals surface area contributed by atoms with Gasteiger partial charge in [0.25, 0.3) is 10.0 Å². The molecule has 0 saturated carbocycles. The summed E-state index contributed by atoms with van der Waals surface area (Å²) in [6.07, 6.45) is 0.278. The van der Waals surface area contributed by atoms with E-state index in [1.807, 2.05) is 87.5 Å². The van der Waals surface area contributed by atoms with Gasteiger partial charge in [0, 0.05) is 19.5 Å². The zero-order chi connectivity index (χ0) is 30.1. The van der Waals surface area contributed by atoms with Crippen LogP contribution in [-0.4, -0.2) is 44.3 Å². The maximum absolute atomic E-state index is 14.4. The molecule has 0 aliphatic rings. The highest BCUT2D eigenvalue weighted by atomic mass is 32.2. The van der Waals surface area contributed by atoms with Crippen molar-refractivity contribution in [3.05, 3.63) is 131 Å². The molecule has 0 radical (unpaired) electrons. The van der Waals surface area contributed by atoms with Crippen molar-refractivity contribution >= 4 is 27.5 Å². The van der Waals surface area contributed by atoms with Crippen molar-refractivity contribution in [1.29, 1.82) is 0 Å². The van der Waals surface area contributed by atoms with Gasteiger partial charge in [-0.3, -0.25) is 13.9 Å².